The molecule has 0 N–H and O–H groups in total. The van der Waals surface area contributed by atoms with Crippen molar-refractivity contribution in [2.75, 3.05) is 20.3 Å². The molecule has 5 rings (SSSR count). The Hall–Kier alpha value is -5.05. The molecule has 1 aliphatic heterocycles. The third-order valence-electron chi connectivity index (χ3n) is 7.52. The second kappa shape index (κ2) is 15.4. The van der Waals surface area contributed by atoms with E-state index in [1.165, 1.54) is 23.0 Å². The van der Waals surface area contributed by atoms with E-state index >= 15 is 0 Å². The summed E-state index contributed by atoms with van der Waals surface area (Å²) in [4.78, 5) is 32.7. The van der Waals surface area contributed by atoms with E-state index in [2.05, 4.69) is 11.1 Å². The summed E-state index contributed by atoms with van der Waals surface area (Å²) in [7, 11) is 1.54. The highest BCUT2D eigenvalue weighted by atomic mass is 35.5. The number of hydrogen-bond donors (Lipinski definition) is 0. The first-order chi connectivity index (χ1) is 23.6. The van der Waals surface area contributed by atoms with Gasteiger partial charge in [-0.25, -0.2) is 9.79 Å². The first-order valence-corrected chi connectivity index (χ1v) is 16.9. The van der Waals surface area contributed by atoms with Crippen LogP contribution in [0.4, 0.5) is 0 Å². The molecule has 0 bridgehead atoms. The van der Waals surface area contributed by atoms with Gasteiger partial charge < -0.3 is 23.7 Å². The van der Waals surface area contributed by atoms with Gasteiger partial charge in [0, 0.05) is 5.56 Å². The number of esters is 1. The fraction of sp³-hybridized carbons (Fsp3) is 0.297. The normalized spacial score (nSPS) is 14.2. The zero-order valence-electron chi connectivity index (χ0n) is 28.0. The molecule has 0 fully saturated rings. The molecule has 0 saturated carbocycles. The van der Waals surface area contributed by atoms with Crippen LogP contribution in [0.5, 0.6) is 23.0 Å². The zero-order valence-corrected chi connectivity index (χ0v) is 29.6. The van der Waals surface area contributed by atoms with Gasteiger partial charge in [-0.15, -0.1) is 0 Å². The highest BCUT2D eigenvalue weighted by Crippen LogP contribution is 2.39. The van der Waals surface area contributed by atoms with E-state index in [1.54, 1.807) is 56.3 Å². The maximum atomic E-state index is 14.2. The van der Waals surface area contributed by atoms with Crippen molar-refractivity contribution < 1.29 is 28.5 Å². The Bertz CT molecular complexity index is 2150. The van der Waals surface area contributed by atoms with Crippen LogP contribution in [0.15, 0.2) is 75.7 Å². The molecule has 49 heavy (non-hydrogen) atoms. The number of nitriles is 1. The van der Waals surface area contributed by atoms with Crippen molar-refractivity contribution in [1.29, 1.82) is 5.26 Å². The minimum Gasteiger partial charge on any atom is -0.493 e. The topological polar surface area (TPSA) is 121 Å². The van der Waals surface area contributed by atoms with Gasteiger partial charge in [-0.1, -0.05) is 47.2 Å². The molecular weight excluding hydrogens is 666 g/mol. The summed E-state index contributed by atoms with van der Waals surface area (Å²) in [5.74, 6) is 1.14. The zero-order chi connectivity index (χ0) is 35.2. The van der Waals surface area contributed by atoms with Crippen molar-refractivity contribution in [3.8, 4) is 29.1 Å². The molecule has 12 heteroatoms. The predicted molar refractivity (Wildman–Crippen MR) is 187 cm³/mol. The van der Waals surface area contributed by atoms with E-state index in [9.17, 15) is 14.9 Å². The van der Waals surface area contributed by atoms with Crippen LogP contribution in [0, 0.1) is 11.3 Å². The number of benzene rings is 3. The number of hydrogen-bond acceptors (Lipinski definition) is 10. The lowest BCUT2D eigenvalue weighted by atomic mass is 9.95. The molecule has 1 aromatic heterocycles. The van der Waals surface area contributed by atoms with Gasteiger partial charge in [0.05, 0.1) is 64.9 Å². The molecule has 10 nitrogen and oxygen atoms in total. The predicted octanol–water partition coefficient (Wildman–Crippen LogP) is 6.10. The smallest absolute Gasteiger partial charge is 0.338 e. The quantitative estimate of drug-likeness (QED) is 0.163. The van der Waals surface area contributed by atoms with Crippen LogP contribution in [0.2, 0.25) is 5.02 Å². The fourth-order valence-electron chi connectivity index (χ4n) is 5.44. The molecule has 0 unspecified atom stereocenters. The van der Waals surface area contributed by atoms with E-state index < -0.39 is 12.0 Å². The number of rotatable bonds is 12. The number of aromatic nitrogens is 1. The molecule has 0 spiro atoms. The Morgan fingerprint density at radius 2 is 1.86 bits per heavy atom. The molecule has 0 amide bonds. The highest BCUT2D eigenvalue weighted by molar-refractivity contribution is 7.07. The van der Waals surface area contributed by atoms with Gasteiger partial charge in [0.2, 0.25) is 0 Å². The van der Waals surface area contributed by atoms with Crippen LogP contribution < -0.4 is 33.8 Å². The van der Waals surface area contributed by atoms with Gasteiger partial charge in [-0.05, 0) is 82.2 Å². The Kier molecular flexibility index (Phi) is 11.1. The van der Waals surface area contributed by atoms with Crippen LogP contribution >= 0.6 is 22.9 Å². The van der Waals surface area contributed by atoms with E-state index in [4.69, 9.17) is 35.3 Å². The summed E-state index contributed by atoms with van der Waals surface area (Å²) in [6, 6.07) is 17.2. The Labute approximate surface area is 293 Å². The average Bonchev–Trinajstić information content (AvgIpc) is 3.37. The van der Waals surface area contributed by atoms with E-state index in [-0.39, 0.29) is 35.5 Å². The number of carbonyl (C=O) groups is 1. The largest absolute Gasteiger partial charge is 0.493 e. The molecular formula is C37H36ClN3O7S. The summed E-state index contributed by atoms with van der Waals surface area (Å²) in [5, 5.41) is 9.74. The number of ether oxygens (including phenoxy) is 5. The van der Waals surface area contributed by atoms with Gasteiger partial charge in [-0.2, -0.15) is 5.26 Å². The second-order valence-corrected chi connectivity index (χ2v) is 12.6. The summed E-state index contributed by atoms with van der Waals surface area (Å²) in [5.41, 5.74) is 2.77. The average molecular weight is 702 g/mol. The third kappa shape index (κ3) is 7.51. The summed E-state index contributed by atoms with van der Waals surface area (Å²) < 4.78 is 30.8. The van der Waals surface area contributed by atoms with Crippen LogP contribution in [0.1, 0.15) is 62.9 Å². The first-order valence-electron chi connectivity index (χ1n) is 15.7. The molecule has 0 aliphatic carbocycles. The Morgan fingerprint density at radius 1 is 1.08 bits per heavy atom. The third-order valence-corrected chi connectivity index (χ3v) is 8.79. The minimum atomic E-state index is -0.839. The standard InChI is InChI=1S/C37H36ClN3O7S/c1-7-45-30-16-23(15-27(38)34(30)47-20-26-12-10-9-11-25(26)19-39)17-31-35(42)41-33(24-13-14-28(48-21(3)4)29(18-24)44-6)32(36(43)46-8-2)22(5)40-37(41)49-31/h9-18,21,33H,7-8,20H2,1-6H3/b31-17-/t33-/m0/s1. The molecule has 3 aromatic carbocycles. The van der Waals surface area contributed by atoms with E-state index in [0.29, 0.717) is 66.9 Å². The molecule has 2 heterocycles. The van der Waals surface area contributed by atoms with Crippen molar-refractivity contribution in [3.63, 3.8) is 0 Å². The van der Waals surface area contributed by atoms with Crippen LogP contribution in [0.25, 0.3) is 6.08 Å². The maximum Gasteiger partial charge on any atom is 0.338 e. The molecule has 1 atom stereocenters. The van der Waals surface area contributed by atoms with E-state index in [1.807, 2.05) is 39.0 Å². The molecule has 1 aliphatic rings. The number of carbonyl (C=O) groups excluding carboxylic acids is 1. The van der Waals surface area contributed by atoms with Crippen molar-refractivity contribution in [2.45, 2.75) is 53.4 Å². The van der Waals surface area contributed by atoms with Gasteiger partial charge in [0.1, 0.15) is 6.61 Å². The molecule has 0 radical (unpaired) electrons. The van der Waals surface area contributed by atoms with Gasteiger partial charge in [-0.3, -0.25) is 9.36 Å². The number of fused-ring (bicyclic) bond motifs is 1. The number of thiazole rings is 1. The maximum absolute atomic E-state index is 14.2. The summed E-state index contributed by atoms with van der Waals surface area (Å²) >= 11 is 7.92. The molecule has 4 aromatic rings. The number of methoxy groups -OCH3 is 1. The van der Waals surface area contributed by atoms with E-state index in [0.717, 1.165) is 0 Å². The number of nitrogens with zero attached hydrogens (tertiary/aromatic N) is 3. The van der Waals surface area contributed by atoms with Crippen molar-refractivity contribution in [2.24, 2.45) is 4.99 Å². The first kappa shape index (κ1) is 35.3. The van der Waals surface area contributed by atoms with Crippen LogP contribution in [-0.4, -0.2) is 37.0 Å². The van der Waals surface area contributed by atoms with Crippen molar-refractivity contribution in [3.05, 3.63) is 113 Å². The fourth-order valence-corrected chi connectivity index (χ4v) is 6.76. The van der Waals surface area contributed by atoms with Gasteiger partial charge >= 0.3 is 5.97 Å². The summed E-state index contributed by atoms with van der Waals surface area (Å²) in [6.07, 6.45) is 1.61. The number of halogens is 1. The lowest BCUT2D eigenvalue weighted by Crippen LogP contribution is -2.40. The SMILES string of the molecule is CCOC(=O)C1=C(C)N=c2s/c(=C\c3cc(Cl)c(OCc4ccccc4C#N)c(OCC)c3)c(=O)n2[C@H]1c1ccc(OC(C)C)c(OC)c1. The summed E-state index contributed by atoms with van der Waals surface area (Å²) in [6.45, 7) is 9.73. The Morgan fingerprint density at radius 3 is 2.55 bits per heavy atom. The van der Waals surface area contributed by atoms with Crippen LogP contribution in [0.3, 0.4) is 0 Å². The number of allylic oxidation sites excluding steroid dienone is 1. The van der Waals surface area contributed by atoms with Gasteiger partial charge in [0.15, 0.2) is 27.8 Å². The van der Waals surface area contributed by atoms with Gasteiger partial charge in [0.25, 0.3) is 5.56 Å². The van der Waals surface area contributed by atoms with Crippen molar-refractivity contribution in [1.82, 2.24) is 4.57 Å². The lowest BCUT2D eigenvalue weighted by Gasteiger charge is -2.25. The molecule has 0 saturated heterocycles. The lowest BCUT2D eigenvalue weighted by molar-refractivity contribution is -0.139. The van der Waals surface area contributed by atoms with Crippen molar-refractivity contribution >= 4 is 35.0 Å². The second-order valence-electron chi connectivity index (χ2n) is 11.2. The minimum absolute atomic E-state index is 0.0905. The monoisotopic (exact) mass is 701 g/mol. The molecule has 254 valence electrons. The highest BCUT2D eigenvalue weighted by Gasteiger charge is 2.34. The van der Waals surface area contributed by atoms with Crippen LogP contribution in [-0.2, 0) is 16.1 Å². The Balaban J connectivity index is 1.61.